The molecule has 1 amide bonds. The molecule has 4 nitrogen and oxygen atoms in total. The predicted octanol–water partition coefficient (Wildman–Crippen LogP) is 1.90. The maximum Gasteiger partial charge on any atom is 0.255 e. The van der Waals surface area contributed by atoms with Crippen molar-refractivity contribution in [2.45, 2.75) is 12.8 Å². The topological polar surface area (TPSA) is 36.4 Å². The van der Waals surface area contributed by atoms with E-state index in [1.165, 1.54) is 19.4 Å². The molecule has 0 atom stereocenters. The zero-order valence-electron chi connectivity index (χ0n) is 10.9. The van der Waals surface area contributed by atoms with E-state index in [4.69, 9.17) is 11.6 Å². The SMILES string of the molecule is O=C(c1ccc(Cl)nc1)N1CCN(CC2CC2)CC1. The second kappa shape index (κ2) is 5.47. The van der Waals surface area contributed by atoms with Gasteiger partial charge in [0, 0.05) is 38.9 Å². The molecule has 1 aliphatic heterocycles. The van der Waals surface area contributed by atoms with Gasteiger partial charge in [-0.3, -0.25) is 9.69 Å². The summed E-state index contributed by atoms with van der Waals surface area (Å²) in [7, 11) is 0. The highest BCUT2D eigenvalue weighted by Gasteiger charge is 2.27. The summed E-state index contributed by atoms with van der Waals surface area (Å²) in [4.78, 5) is 20.6. The monoisotopic (exact) mass is 279 g/mol. The molecule has 5 heteroatoms. The van der Waals surface area contributed by atoms with Gasteiger partial charge in [-0.15, -0.1) is 0 Å². The van der Waals surface area contributed by atoms with Crippen LogP contribution < -0.4 is 0 Å². The third kappa shape index (κ3) is 3.25. The zero-order chi connectivity index (χ0) is 13.2. The van der Waals surface area contributed by atoms with Crippen molar-refractivity contribution >= 4 is 17.5 Å². The van der Waals surface area contributed by atoms with Crippen molar-refractivity contribution in [1.29, 1.82) is 0 Å². The van der Waals surface area contributed by atoms with Crippen LogP contribution >= 0.6 is 11.6 Å². The molecule has 0 aromatic carbocycles. The van der Waals surface area contributed by atoms with Gasteiger partial charge in [0.15, 0.2) is 0 Å². The number of rotatable bonds is 3. The summed E-state index contributed by atoms with van der Waals surface area (Å²) in [5, 5.41) is 0.422. The summed E-state index contributed by atoms with van der Waals surface area (Å²) in [6, 6.07) is 3.41. The van der Waals surface area contributed by atoms with Crippen LogP contribution in [0.5, 0.6) is 0 Å². The van der Waals surface area contributed by atoms with Gasteiger partial charge in [-0.05, 0) is 30.9 Å². The minimum atomic E-state index is 0.0650. The molecule has 0 radical (unpaired) electrons. The van der Waals surface area contributed by atoms with E-state index in [1.54, 1.807) is 18.3 Å². The Morgan fingerprint density at radius 1 is 1.26 bits per heavy atom. The van der Waals surface area contributed by atoms with Crippen LogP contribution in [-0.4, -0.2) is 53.4 Å². The van der Waals surface area contributed by atoms with Gasteiger partial charge >= 0.3 is 0 Å². The Morgan fingerprint density at radius 3 is 2.58 bits per heavy atom. The van der Waals surface area contributed by atoms with Crippen LogP contribution in [0, 0.1) is 5.92 Å². The van der Waals surface area contributed by atoms with E-state index >= 15 is 0 Å². The Hall–Kier alpha value is -1.13. The van der Waals surface area contributed by atoms with Crippen LogP contribution in [0.25, 0.3) is 0 Å². The second-order valence-electron chi connectivity index (χ2n) is 5.41. The number of hydrogen-bond acceptors (Lipinski definition) is 3. The summed E-state index contributed by atoms with van der Waals surface area (Å²) < 4.78 is 0. The fraction of sp³-hybridized carbons (Fsp3) is 0.571. The molecular weight excluding hydrogens is 262 g/mol. The highest BCUT2D eigenvalue weighted by atomic mass is 35.5. The van der Waals surface area contributed by atoms with Gasteiger partial charge in [0.1, 0.15) is 5.15 Å². The average molecular weight is 280 g/mol. The number of halogens is 1. The average Bonchev–Trinajstić information content (AvgIpc) is 3.24. The standard InChI is InChI=1S/C14H18ClN3O/c15-13-4-3-12(9-16-13)14(19)18-7-5-17(6-8-18)10-11-1-2-11/h3-4,9,11H,1-2,5-8,10H2. The van der Waals surface area contributed by atoms with Crippen molar-refractivity contribution in [3.8, 4) is 0 Å². The van der Waals surface area contributed by atoms with Crippen molar-refractivity contribution < 1.29 is 4.79 Å². The summed E-state index contributed by atoms with van der Waals surface area (Å²) in [5.74, 6) is 0.984. The summed E-state index contributed by atoms with van der Waals surface area (Å²) >= 11 is 5.73. The second-order valence-corrected chi connectivity index (χ2v) is 5.79. The molecule has 0 bridgehead atoms. The van der Waals surface area contributed by atoms with Crippen molar-refractivity contribution in [2.24, 2.45) is 5.92 Å². The van der Waals surface area contributed by atoms with Crippen molar-refractivity contribution in [3.63, 3.8) is 0 Å². The normalized spacial score (nSPS) is 20.6. The molecule has 2 fully saturated rings. The van der Waals surface area contributed by atoms with Crippen LogP contribution in [0.4, 0.5) is 0 Å². The quantitative estimate of drug-likeness (QED) is 0.793. The van der Waals surface area contributed by atoms with Gasteiger partial charge in [0.2, 0.25) is 0 Å². The van der Waals surface area contributed by atoms with Gasteiger partial charge in [0.05, 0.1) is 5.56 Å². The minimum absolute atomic E-state index is 0.0650. The Bertz CT molecular complexity index is 450. The number of carbonyl (C=O) groups is 1. The maximum atomic E-state index is 12.3. The summed E-state index contributed by atoms with van der Waals surface area (Å²) in [6.07, 6.45) is 4.33. The van der Waals surface area contributed by atoms with Crippen molar-refractivity contribution in [1.82, 2.24) is 14.8 Å². The molecule has 0 unspecified atom stereocenters. The molecule has 1 aliphatic carbocycles. The van der Waals surface area contributed by atoms with Crippen LogP contribution in [0.3, 0.4) is 0 Å². The molecule has 0 N–H and O–H groups in total. The Morgan fingerprint density at radius 2 is 2.00 bits per heavy atom. The number of aromatic nitrogens is 1. The fourth-order valence-corrected chi connectivity index (χ4v) is 2.60. The maximum absolute atomic E-state index is 12.3. The Balaban J connectivity index is 1.55. The van der Waals surface area contributed by atoms with E-state index in [-0.39, 0.29) is 5.91 Å². The molecular formula is C14H18ClN3O. The third-order valence-corrected chi connectivity index (χ3v) is 4.07. The lowest BCUT2D eigenvalue weighted by Gasteiger charge is -2.34. The number of piperazine rings is 1. The molecule has 0 spiro atoms. The lowest BCUT2D eigenvalue weighted by atomic mass is 10.2. The molecule has 102 valence electrons. The number of carbonyl (C=O) groups excluding carboxylic acids is 1. The third-order valence-electron chi connectivity index (χ3n) is 3.85. The van der Waals surface area contributed by atoms with Gasteiger partial charge in [-0.1, -0.05) is 11.6 Å². The molecule has 1 aromatic rings. The molecule has 1 saturated heterocycles. The first-order chi connectivity index (χ1) is 9.22. The molecule has 1 saturated carbocycles. The van der Waals surface area contributed by atoms with E-state index in [0.29, 0.717) is 10.7 Å². The first-order valence-electron chi connectivity index (χ1n) is 6.85. The smallest absolute Gasteiger partial charge is 0.255 e. The molecule has 2 aliphatic rings. The zero-order valence-corrected chi connectivity index (χ0v) is 11.6. The molecule has 19 heavy (non-hydrogen) atoms. The summed E-state index contributed by atoms with van der Waals surface area (Å²) in [5.41, 5.74) is 0.625. The van der Waals surface area contributed by atoms with Crippen LogP contribution in [0.1, 0.15) is 23.2 Å². The lowest BCUT2D eigenvalue weighted by Crippen LogP contribution is -2.49. The summed E-state index contributed by atoms with van der Waals surface area (Å²) in [6.45, 7) is 4.82. The van der Waals surface area contributed by atoms with Crippen LogP contribution in [-0.2, 0) is 0 Å². The van der Waals surface area contributed by atoms with Crippen molar-refractivity contribution in [3.05, 3.63) is 29.0 Å². The van der Waals surface area contributed by atoms with Gasteiger partial charge in [-0.25, -0.2) is 4.98 Å². The predicted molar refractivity (Wildman–Crippen MR) is 74.3 cm³/mol. The highest BCUT2D eigenvalue weighted by Crippen LogP contribution is 2.29. The number of hydrogen-bond donors (Lipinski definition) is 0. The van der Waals surface area contributed by atoms with Gasteiger partial charge < -0.3 is 4.90 Å². The van der Waals surface area contributed by atoms with E-state index in [1.807, 2.05) is 4.90 Å². The van der Waals surface area contributed by atoms with E-state index in [2.05, 4.69) is 9.88 Å². The lowest BCUT2D eigenvalue weighted by molar-refractivity contribution is 0.0631. The van der Waals surface area contributed by atoms with Crippen LogP contribution in [0.15, 0.2) is 18.3 Å². The van der Waals surface area contributed by atoms with Gasteiger partial charge in [-0.2, -0.15) is 0 Å². The number of nitrogens with zero attached hydrogens (tertiary/aromatic N) is 3. The van der Waals surface area contributed by atoms with Gasteiger partial charge in [0.25, 0.3) is 5.91 Å². The number of pyridine rings is 1. The van der Waals surface area contributed by atoms with E-state index < -0.39 is 0 Å². The first kappa shape index (κ1) is 12.9. The fourth-order valence-electron chi connectivity index (χ4n) is 2.48. The van der Waals surface area contributed by atoms with E-state index in [9.17, 15) is 4.79 Å². The largest absolute Gasteiger partial charge is 0.336 e. The highest BCUT2D eigenvalue weighted by molar-refractivity contribution is 6.29. The van der Waals surface area contributed by atoms with Crippen LogP contribution in [0.2, 0.25) is 5.15 Å². The molecule has 3 rings (SSSR count). The molecule has 1 aromatic heterocycles. The van der Waals surface area contributed by atoms with Crippen molar-refractivity contribution in [2.75, 3.05) is 32.7 Å². The molecule has 2 heterocycles. The first-order valence-corrected chi connectivity index (χ1v) is 7.23. The van der Waals surface area contributed by atoms with E-state index in [0.717, 1.165) is 32.1 Å². The Kier molecular flexibility index (Phi) is 3.71. The number of amides is 1. The Labute approximate surface area is 118 Å². The minimum Gasteiger partial charge on any atom is -0.336 e.